The molecule has 0 aliphatic rings. The van der Waals surface area contributed by atoms with Gasteiger partial charge in [0, 0.05) is 6.61 Å². The SMILES string of the molecule is CCOCc1nc(CC)c(C(=O)OCC)o1. The molecule has 1 aromatic heterocycles. The predicted molar refractivity (Wildman–Crippen MR) is 57.2 cm³/mol. The maximum atomic E-state index is 11.5. The zero-order chi connectivity index (χ0) is 12.0. The lowest BCUT2D eigenvalue weighted by Crippen LogP contribution is -2.05. The number of aromatic nitrogens is 1. The molecule has 0 aliphatic heterocycles. The first-order valence-corrected chi connectivity index (χ1v) is 5.46. The van der Waals surface area contributed by atoms with Gasteiger partial charge in [0.05, 0.1) is 12.3 Å². The molecule has 0 aliphatic carbocycles. The Morgan fingerprint density at radius 3 is 2.62 bits per heavy atom. The lowest BCUT2D eigenvalue weighted by Gasteiger charge is -1.98. The van der Waals surface area contributed by atoms with E-state index in [2.05, 4.69) is 4.98 Å². The first-order chi connectivity index (χ1) is 7.72. The van der Waals surface area contributed by atoms with Gasteiger partial charge in [-0.15, -0.1) is 0 Å². The molecule has 0 spiro atoms. The molecule has 1 aromatic rings. The molecule has 0 fully saturated rings. The second-order valence-electron chi connectivity index (χ2n) is 3.09. The van der Waals surface area contributed by atoms with Crippen LogP contribution in [0.15, 0.2) is 4.42 Å². The number of oxazole rings is 1. The zero-order valence-electron chi connectivity index (χ0n) is 9.91. The fourth-order valence-electron chi connectivity index (χ4n) is 1.25. The number of hydrogen-bond donors (Lipinski definition) is 0. The molecule has 0 saturated heterocycles. The lowest BCUT2D eigenvalue weighted by molar-refractivity contribution is 0.0478. The van der Waals surface area contributed by atoms with Crippen LogP contribution in [0, 0.1) is 0 Å². The normalized spacial score (nSPS) is 10.4. The first-order valence-electron chi connectivity index (χ1n) is 5.46. The highest BCUT2D eigenvalue weighted by atomic mass is 16.5. The number of carbonyl (C=O) groups is 1. The summed E-state index contributed by atoms with van der Waals surface area (Å²) in [6, 6.07) is 0. The van der Waals surface area contributed by atoms with Crippen LogP contribution in [-0.2, 0) is 22.5 Å². The number of rotatable bonds is 6. The fourth-order valence-corrected chi connectivity index (χ4v) is 1.25. The summed E-state index contributed by atoms with van der Waals surface area (Å²) in [6.45, 7) is 6.73. The second-order valence-corrected chi connectivity index (χ2v) is 3.09. The summed E-state index contributed by atoms with van der Waals surface area (Å²) in [5.74, 6) is 0.149. The van der Waals surface area contributed by atoms with Crippen LogP contribution in [0.3, 0.4) is 0 Å². The molecule has 0 bridgehead atoms. The summed E-state index contributed by atoms with van der Waals surface area (Å²) in [5.41, 5.74) is 0.619. The van der Waals surface area contributed by atoms with Gasteiger partial charge in [-0.05, 0) is 20.3 Å². The van der Waals surface area contributed by atoms with Crippen LogP contribution in [0.25, 0.3) is 0 Å². The Labute approximate surface area is 94.8 Å². The smallest absolute Gasteiger partial charge is 0.376 e. The van der Waals surface area contributed by atoms with Crippen LogP contribution in [-0.4, -0.2) is 24.2 Å². The minimum atomic E-state index is -0.463. The molecule has 0 N–H and O–H groups in total. The molecule has 5 heteroatoms. The first kappa shape index (κ1) is 12.7. The molecule has 0 amide bonds. The molecule has 0 saturated carbocycles. The van der Waals surface area contributed by atoms with E-state index in [9.17, 15) is 4.79 Å². The minimum Gasteiger partial charge on any atom is -0.460 e. The summed E-state index contributed by atoms with van der Waals surface area (Å²) < 4.78 is 15.3. The van der Waals surface area contributed by atoms with Crippen molar-refractivity contribution in [3.8, 4) is 0 Å². The standard InChI is InChI=1S/C11H17NO4/c1-4-8-10(11(13)15-6-3)16-9(12-8)7-14-5-2/h4-7H2,1-3H3. The fraction of sp³-hybridized carbons (Fsp3) is 0.636. The lowest BCUT2D eigenvalue weighted by atomic mass is 10.3. The largest absolute Gasteiger partial charge is 0.460 e. The highest BCUT2D eigenvalue weighted by molar-refractivity contribution is 5.87. The number of ether oxygens (including phenoxy) is 2. The molecule has 1 rings (SSSR count). The monoisotopic (exact) mass is 227 g/mol. The van der Waals surface area contributed by atoms with E-state index < -0.39 is 5.97 Å². The molecule has 16 heavy (non-hydrogen) atoms. The third-order valence-corrected chi connectivity index (χ3v) is 1.97. The Hall–Kier alpha value is -1.36. The van der Waals surface area contributed by atoms with Gasteiger partial charge < -0.3 is 13.9 Å². The summed E-state index contributed by atoms with van der Waals surface area (Å²) in [4.78, 5) is 15.7. The predicted octanol–water partition coefficient (Wildman–Crippen LogP) is 1.95. The van der Waals surface area contributed by atoms with Crippen molar-refractivity contribution in [2.24, 2.45) is 0 Å². The topological polar surface area (TPSA) is 61.6 Å². The van der Waals surface area contributed by atoms with Gasteiger partial charge in [0.25, 0.3) is 0 Å². The maximum Gasteiger partial charge on any atom is 0.376 e. The van der Waals surface area contributed by atoms with Gasteiger partial charge in [-0.2, -0.15) is 0 Å². The Balaban J connectivity index is 2.81. The van der Waals surface area contributed by atoms with Crippen molar-refractivity contribution in [3.05, 3.63) is 17.3 Å². The third-order valence-electron chi connectivity index (χ3n) is 1.97. The van der Waals surface area contributed by atoms with E-state index >= 15 is 0 Å². The van der Waals surface area contributed by atoms with Crippen LogP contribution in [0.4, 0.5) is 0 Å². The molecule has 0 unspecified atom stereocenters. The number of nitrogens with zero attached hydrogens (tertiary/aromatic N) is 1. The van der Waals surface area contributed by atoms with Gasteiger partial charge in [-0.3, -0.25) is 0 Å². The van der Waals surface area contributed by atoms with Crippen molar-refractivity contribution in [1.82, 2.24) is 4.98 Å². The summed E-state index contributed by atoms with van der Waals surface area (Å²) in [6.07, 6.45) is 0.629. The molecule has 0 atom stereocenters. The van der Waals surface area contributed by atoms with Crippen LogP contribution in [0.5, 0.6) is 0 Å². The van der Waals surface area contributed by atoms with Crippen molar-refractivity contribution in [2.45, 2.75) is 33.8 Å². The Morgan fingerprint density at radius 2 is 2.06 bits per heavy atom. The molecular formula is C11H17NO4. The summed E-state index contributed by atoms with van der Waals surface area (Å²) in [5, 5.41) is 0. The average molecular weight is 227 g/mol. The zero-order valence-corrected chi connectivity index (χ0v) is 9.91. The van der Waals surface area contributed by atoms with Gasteiger partial charge >= 0.3 is 5.97 Å². The van der Waals surface area contributed by atoms with E-state index in [1.165, 1.54) is 0 Å². The average Bonchev–Trinajstić information content (AvgIpc) is 2.70. The number of aryl methyl sites for hydroxylation is 1. The number of esters is 1. The summed E-state index contributed by atoms with van der Waals surface area (Å²) in [7, 11) is 0. The molecule has 0 aromatic carbocycles. The van der Waals surface area contributed by atoms with Crippen LogP contribution in [0.1, 0.15) is 42.9 Å². The van der Waals surface area contributed by atoms with Crippen molar-refractivity contribution in [2.75, 3.05) is 13.2 Å². The van der Waals surface area contributed by atoms with E-state index in [4.69, 9.17) is 13.9 Å². The van der Waals surface area contributed by atoms with Crippen LogP contribution < -0.4 is 0 Å². The highest BCUT2D eigenvalue weighted by Crippen LogP contribution is 2.14. The maximum absolute atomic E-state index is 11.5. The van der Waals surface area contributed by atoms with Crippen molar-refractivity contribution >= 4 is 5.97 Å². The summed E-state index contributed by atoms with van der Waals surface area (Å²) >= 11 is 0. The molecule has 0 radical (unpaired) electrons. The van der Waals surface area contributed by atoms with Crippen LogP contribution in [0.2, 0.25) is 0 Å². The van der Waals surface area contributed by atoms with Gasteiger partial charge in [-0.1, -0.05) is 6.92 Å². The Bertz CT molecular complexity index is 346. The second kappa shape index (κ2) is 6.27. The highest BCUT2D eigenvalue weighted by Gasteiger charge is 2.19. The van der Waals surface area contributed by atoms with E-state index in [1.54, 1.807) is 6.92 Å². The number of hydrogen-bond acceptors (Lipinski definition) is 5. The van der Waals surface area contributed by atoms with Gasteiger partial charge in [0.2, 0.25) is 11.7 Å². The van der Waals surface area contributed by atoms with E-state index in [0.717, 1.165) is 0 Å². The van der Waals surface area contributed by atoms with Gasteiger partial charge in [-0.25, -0.2) is 9.78 Å². The Morgan fingerprint density at radius 1 is 1.31 bits per heavy atom. The van der Waals surface area contributed by atoms with Crippen LogP contribution >= 0.6 is 0 Å². The van der Waals surface area contributed by atoms with Gasteiger partial charge in [0.1, 0.15) is 6.61 Å². The van der Waals surface area contributed by atoms with Crippen molar-refractivity contribution in [1.29, 1.82) is 0 Å². The molecular weight excluding hydrogens is 210 g/mol. The van der Waals surface area contributed by atoms with E-state index in [-0.39, 0.29) is 12.4 Å². The van der Waals surface area contributed by atoms with Crippen molar-refractivity contribution in [3.63, 3.8) is 0 Å². The molecule has 90 valence electrons. The van der Waals surface area contributed by atoms with E-state index in [0.29, 0.717) is 31.2 Å². The third kappa shape index (κ3) is 3.06. The molecule has 5 nitrogen and oxygen atoms in total. The van der Waals surface area contributed by atoms with Crippen molar-refractivity contribution < 1.29 is 18.7 Å². The van der Waals surface area contributed by atoms with Gasteiger partial charge in [0.15, 0.2) is 0 Å². The number of carbonyl (C=O) groups excluding carboxylic acids is 1. The minimum absolute atomic E-state index is 0.194. The Kier molecular flexibility index (Phi) is 4.98. The quantitative estimate of drug-likeness (QED) is 0.695. The van der Waals surface area contributed by atoms with E-state index in [1.807, 2.05) is 13.8 Å². The molecule has 1 heterocycles.